The number of piperazine rings is 1. The molecule has 0 bridgehead atoms. The molecule has 1 amide bonds. The van der Waals surface area contributed by atoms with Gasteiger partial charge in [-0.1, -0.05) is 0 Å². The number of carbonyl (C=O) groups excluding carboxylic acids is 2. The molecule has 2 fully saturated rings. The van der Waals surface area contributed by atoms with Crippen molar-refractivity contribution in [2.45, 2.75) is 50.5 Å². The smallest absolute Gasteiger partial charge is 0.394 e. The molecule has 1 saturated heterocycles. The van der Waals surface area contributed by atoms with Gasteiger partial charge in [-0.2, -0.15) is 13.2 Å². The fourth-order valence-corrected chi connectivity index (χ4v) is 6.01. The van der Waals surface area contributed by atoms with Gasteiger partial charge in [0.15, 0.2) is 6.17 Å². The number of fused-ring (bicyclic) bond motifs is 5. The van der Waals surface area contributed by atoms with E-state index >= 15 is 0 Å². The molecule has 6 rings (SSSR count). The van der Waals surface area contributed by atoms with Crippen LogP contribution in [-0.2, 0) is 14.3 Å². The van der Waals surface area contributed by atoms with Gasteiger partial charge >= 0.3 is 6.18 Å². The van der Waals surface area contributed by atoms with E-state index in [0.717, 1.165) is 73.5 Å². The third kappa shape index (κ3) is 7.46. The number of nitrogens with zero attached hydrogens (tertiary/aromatic N) is 4. The standard InChI is InChI=1S/C32H40F3N7O4/c33-32(34,35)28(44)3-1-2-10-36-30-31(45)39-25-8-6-22(37-21-4-5-21)19-24(25)29-38-26-20-23(7-9-27(26)42(29)30)41-13-11-40(12-14-41)15-17-46-18-16-43/h6-9,19-21,30,36-37,43H,1-5,10-18H2,(H,39,45). The second kappa shape index (κ2) is 14.0. The normalized spacial score (nSPS) is 18.7. The third-order valence-corrected chi connectivity index (χ3v) is 8.66. The molecule has 1 unspecified atom stereocenters. The van der Waals surface area contributed by atoms with Crippen molar-refractivity contribution in [1.29, 1.82) is 0 Å². The Morgan fingerprint density at radius 1 is 1.07 bits per heavy atom. The summed E-state index contributed by atoms with van der Waals surface area (Å²) in [5.74, 6) is -1.44. The van der Waals surface area contributed by atoms with E-state index in [4.69, 9.17) is 14.8 Å². The van der Waals surface area contributed by atoms with Crippen molar-refractivity contribution in [1.82, 2.24) is 19.8 Å². The predicted molar refractivity (Wildman–Crippen MR) is 169 cm³/mol. The zero-order chi connectivity index (χ0) is 32.3. The summed E-state index contributed by atoms with van der Waals surface area (Å²) < 4.78 is 45.2. The molecule has 4 N–H and O–H groups in total. The van der Waals surface area contributed by atoms with E-state index in [-0.39, 0.29) is 25.5 Å². The van der Waals surface area contributed by atoms with Crippen LogP contribution in [0.15, 0.2) is 36.4 Å². The largest absolute Gasteiger partial charge is 0.449 e. The number of hydrogen-bond donors (Lipinski definition) is 4. The van der Waals surface area contributed by atoms with E-state index in [0.29, 0.717) is 37.2 Å². The van der Waals surface area contributed by atoms with Crippen molar-refractivity contribution in [3.05, 3.63) is 36.4 Å². The van der Waals surface area contributed by atoms with Crippen LogP contribution in [0.4, 0.5) is 30.2 Å². The first kappa shape index (κ1) is 32.2. The van der Waals surface area contributed by atoms with Crippen molar-refractivity contribution < 1.29 is 32.6 Å². The molecule has 1 atom stereocenters. The molecule has 1 aliphatic carbocycles. The Hall–Kier alpha value is -3.72. The van der Waals surface area contributed by atoms with Gasteiger partial charge in [0.1, 0.15) is 5.82 Å². The van der Waals surface area contributed by atoms with Gasteiger partial charge in [-0.05, 0) is 68.6 Å². The summed E-state index contributed by atoms with van der Waals surface area (Å²) in [6, 6.07) is 12.3. The molecule has 1 saturated carbocycles. The number of halogens is 3. The number of hydrogen-bond acceptors (Lipinski definition) is 9. The van der Waals surface area contributed by atoms with E-state index in [1.807, 2.05) is 41.0 Å². The van der Waals surface area contributed by atoms with Gasteiger partial charge in [0, 0.05) is 62.1 Å². The Bertz CT molecular complexity index is 1550. The number of aromatic nitrogens is 2. The maximum Gasteiger partial charge on any atom is 0.449 e. The second-order valence-corrected chi connectivity index (χ2v) is 12.0. The van der Waals surface area contributed by atoms with Crippen LogP contribution < -0.4 is 20.9 Å². The number of aliphatic hydroxyl groups excluding tert-OH is 1. The number of alkyl halides is 3. The number of rotatable bonds is 14. The molecule has 2 aliphatic heterocycles. The van der Waals surface area contributed by atoms with Crippen LogP contribution >= 0.6 is 0 Å². The molecular weight excluding hydrogens is 603 g/mol. The summed E-state index contributed by atoms with van der Waals surface area (Å²) in [5, 5.41) is 18.6. The monoisotopic (exact) mass is 643 g/mol. The molecule has 3 aromatic rings. The van der Waals surface area contributed by atoms with Crippen molar-refractivity contribution in [3.8, 4) is 11.4 Å². The quantitative estimate of drug-likeness (QED) is 0.195. The first-order chi connectivity index (χ1) is 22.2. The lowest BCUT2D eigenvalue weighted by atomic mass is 10.1. The van der Waals surface area contributed by atoms with Crippen LogP contribution in [-0.4, -0.2) is 103 Å². The number of ether oxygens (including phenoxy) is 1. The average Bonchev–Trinajstić information content (AvgIpc) is 3.80. The summed E-state index contributed by atoms with van der Waals surface area (Å²) in [4.78, 5) is 34.6. The van der Waals surface area contributed by atoms with E-state index in [2.05, 4.69) is 25.8 Å². The van der Waals surface area contributed by atoms with Crippen molar-refractivity contribution in [2.75, 3.05) is 74.6 Å². The van der Waals surface area contributed by atoms with Gasteiger partial charge in [0.2, 0.25) is 5.78 Å². The lowest BCUT2D eigenvalue weighted by Gasteiger charge is -2.36. The van der Waals surface area contributed by atoms with Crippen LogP contribution in [0.25, 0.3) is 22.4 Å². The number of benzene rings is 2. The predicted octanol–water partition coefficient (Wildman–Crippen LogP) is 3.75. The summed E-state index contributed by atoms with van der Waals surface area (Å²) in [5.41, 5.74) is 4.86. The number of imidazole rings is 1. The molecule has 1 aromatic heterocycles. The zero-order valence-corrected chi connectivity index (χ0v) is 25.6. The van der Waals surface area contributed by atoms with Gasteiger partial charge in [-0.3, -0.25) is 24.4 Å². The number of nitrogens with one attached hydrogen (secondary N) is 3. The van der Waals surface area contributed by atoms with E-state index in [9.17, 15) is 22.8 Å². The van der Waals surface area contributed by atoms with Crippen LogP contribution in [0.2, 0.25) is 0 Å². The number of aliphatic hydroxyl groups is 1. The maximum absolute atomic E-state index is 13.6. The van der Waals surface area contributed by atoms with Crippen molar-refractivity contribution >= 4 is 39.8 Å². The third-order valence-electron chi connectivity index (χ3n) is 8.66. The Kier molecular flexibility index (Phi) is 9.78. The van der Waals surface area contributed by atoms with Crippen LogP contribution in [0.1, 0.15) is 38.3 Å². The van der Waals surface area contributed by atoms with Gasteiger partial charge in [0.25, 0.3) is 5.91 Å². The summed E-state index contributed by atoms with van der Waals surface area (Å²) >= 11 is 0. The summed E-state index contributed by atoms with van der Waals surface area (Å²) in [6.45, 7) is 5.43. The number of amides is 1. The van der Waals surface area contributed by atoms with Gasteiger partial charge < -0.3 is 25.4 Å². The minimum atomic E-state index is -4.83. The number of unbranched alkanes of at least 4 members (excludes halogenated alkanes) is 1. The van der Waals surface area contributed by atoms with E-state index in [1.165, 1.54) is 0 Å². The Labute approximate surface area is 265 Å². The number of carbonyl (C=O) groups is 2. The van der Waals surface area contributed by atoms with Crippen LogP contribution in [0, 0.1) is 0 Å². The molecule has 14 heteroatoms. The zero-order valence-electron chi connectivity index (χ0n) is 25.6. The topological polar surface area (TPSA) is 124 Å². The molecular formula is C32H40F3N7O4. The Balaban J connectivity index is 1.24. The minimum absolute atomic E-state index is 0.0207. The summed E-state index contributed by atoms with van der Waals surface area (Å²) in [6.07, 6.45) is -3.71. The highest BCUT2D eigenvalue weighted by Gasteiger charge is 2.37. The van der Waals surface area contributed by atoms with Crippen molar-refractivity contribution in [3.63, 3.8) is 0 Å². The van der Waals surface area contributed by atoms with Gasteiger partial charge in [-0.25, -0.2) is 4.98 Å². The fourth-order valence-electron chi connectivity index (χ4n) is 6.01. The highest BCUT2D eigenvalue weighted by Crippen LogP contribution is 2.39. The molecule has 248 valence electrons. The highest BCUT2D eigenvalue weighted by molar-refractivity contribution is 6.02. The fraction of sp³-hybridized carbons (Fsp3) is 0.531. The highest BCUT2D eigenvalue weighted by atomic mass is 19.4. The molecule has 0 spiro atoms. The number of Topliss-reactive ketones (excluding diaryl/α,β-unsaturated/α-hetero) is 1. The molecule has 3 heterocycles. The lowest BCUT2D eigenvalue weighted by molar-refractivity contribution is -0.171. The lowest BCUT2D eigenvalue weighted by Crippen LogP contribution is -2.47. The maximum atomic E-state index is 13.6. The molecule has 46 heavy (non-hydrogen) atoms. The first-order valence-electron chi connectivity index (χ1n) is 15.9. The molecule has 2 aromatic carbocycles. The summed E-state index contributed by atoms with van der Waals surface area (Å²) in [7, 11) is 0. The first-order valence-corrected chi connectivity index (χ1v) is 15.9. The van der Waals surface area contributed by atoms with Crippen LogP contribution in [0.5, 0.6) is 0 Å². The Morgan fingerprint density at radius 2 is 1.87 bits per heavy atom. The van der Waals surface area contributed by atoms with E-state index in [1.54, 1.807) is 0 Å². The molecule has 11 nitrogen and oxygen atoms in total. The molecule has 0 radical (unpaired) electrons. The minimum Gasteiger partial charge on any atom is -0.394 e. The Morgan fingerprint density at radius 3 is 2.61 bits per heavy atom. The van der Waals surface area contributed by atoms with Crippen molar-refractivity contribution in [2.24, 2.45) is 0 Å². The van der Waals surface area contributed by atoms with Gasteiger partial charge in [0.05, 0.1) is 36.5 Å². The molecule has 3 aliphatic rings. The average molecular weight is 644 g/mol. The number of ketones is 1. The SMILES string of the molecule is O=C1Nc2ccc(NC3CC3)cc2-c2nc3cc(N4CCN(CCOCCO)CC4)ccc3n2C1NCCCCC(=O)C(F)(F)F. The number of anilines is 3. The van der Waals surface area contributed by atoms with Gasteiger partial charge in [-0.15, -0.1) is 0 Å². The van der Waals surface area contributed by atoms with E-state index < -0.39 is 24.5 Å². The van der Waals surface area contributed by atoms with Crippen LogP contribution in [0.3, 0.4) is 0 Å². The second-order valence-electron chi connectivity index (χ2n) is 12.0.